The first-order valence-corrected chi connectivity index (χ1v) is 13.6. The van der Waals surface area contributed by atoms with Crippen LogP contribution in [0, 0.1) is 12.8 Å². The fourth-order valence-electron chi connectivity index (χ4n) is 3.10. The van der Waals surface area contributed by atoms with Crippen LogP contribution in [0.3, 0.4) is 0 Å². The van der Waals surface area contributed by atoms with E-state index in [1.54, 1.807) is 24.3 Å². The summed E-state index contributed by atoms with van der Waals surface area (Å²) in [4.78, 5) is 0.224. The Morgan fingerprint density at radius 3 is 2.12 bits per heavy atom. The van der Waals surface area contributed by atoms with Crippen molar-refractivity contribution in [2.24, 2.45) is 5.92 Å². The van der Waals surface area contributed by atoms with Gasteiger partial charge in [-0.25, -0.2) is 0 Å². The van der Waals surface area contributed by atoms with Gasteiger partial charge in [-0.3, -0.25) is 4.18 Å². The molecule has 0 heterocycles. The van der Waals surface area contributed by atoms with E-state index >= 15 is 0 Å². The highest BCUT2D eigenvalue weighted by Gasteiger charge is 2.31. The van der Waals surface area contributed by atoms with E-state index in [0.29, 0.717) is 5.54 Å². The van der Waals surface area contributed by atoms with Gasteiger partial charge in [-0.1, -0.05) is 80.2 Å². The Balaban J connectivity index is 1.95. The maximum atomic E-state index is 12.3. The van der Waals surface area contributed by atoms with Gasteiger partial charge in [0, 0.05) is 0 Å². The highest BCUT2D eigenvalue weighted by molar-refractivity contribution is 7.86. The SMILES string of the molecule is Cc1ccc(S(=O)(=O)OC[C@H](C)C[C@H](C)[Si](C)(C)c2ccccc2)cc1. The van der Waals surface area contributed by atoms with Crippen molar-refractivity contribution in [1.29, 1.82) is 0 Å². The van der Waals surface area contributed by atoms with Crippen LogP contribution in [0.1, 0.15) is 25.8 Å². The van der Waals surface area contributed by atoms with Crippen LogP contribution in [0.5, 0.6) is 0 Å². The fourth-order valence-corrected chi connectivity index (χ4v) is 6.73. The molecule has 0 N–H and O–H groups in total. The molecule has 26 heavy (non-hydrogen) atoms. The van der Waals surface area contributed by atoms with Crippen molar-refractivity contribution in [3.05, 3.63) is 60.2 Å². The quantitative estimate of drug-likeness (QED) is 0.483. The van der Waals surface area contributed by atoms with Crippen molar-refractivity contribution in [3.63, 3.8) is 0 Å². The molecule has 2 aromatic carbocycles. The van der Waals surface area contributed by atoms with Crippen molar-refractivity contribution in [3.8, 4) is 0 Å². The minimum atomic E-state index is -3.68. The Morgan fingerprint density at radius 1 is 0.962 bits per heavy atom. The molecule has 0 radical (unpaired) electrons. The highest BCUT2D eigenvalue weighted by Crippen LogP contribution is 2.29. The summed E-state index contributed by atoms with van der Waals surface area (Å²) in [5.41, 5.74) is 1.56. The fraction of sp³-hybridized carbons (Fsp3) is 0.429. The van der Waals surface area contributed by atoms with Crippen LogP contribution in [0.4, 0.5) is 0 Å². The van der Waals surface area contributed by atoms with Gasteiger partial charge in [0.05, 0.1) is 19.6 Å². The largest absolute Gasteiger partial charge is 0.296 e. The maximum Gasteiger partial charge on any atom is 0.296 e. The van der Waals surface area contributed by atoms with E-state index in [2.05, 4.69) is 51.2 Å². The van der Waals surface area contributed by atoms with Gasteiger partial charge in [0.1, 0.15) is 0 Å². The van der Waals surface area contributed by atoms with Crippen molar-refractivity contribution < 1.29 is 12.6 Å². The van der Waals surface area contributed by atoms with E-state index in [9.17, 15) is 8.42 Å². The van der Waals surface area contributed by atoms with Gasteiger partial charge in [-0.2, -0.15) is 8.42 Å². The van der Waals surface area contributed by atoms with Crippen LogP contribution < -0.4 is 5.19 Å². The minimum absolute atomic E-state index is 0.181. The van der Waals surface area contributed by atoms with Gasteiger partial charge in [0.25, 0.3) is 10.1 Å². The molecule has 0 fully saturated rings. The second kappa shape index (κ2) is 8.50. The van der Waals surface area contributed by atoms with Crippen LogP contribution in [0.25, 0.3) is 0 Å². The third-order valence-corrected chi connectivity index (χ3v) is 11.1. The Morgan fingerprint density at radius 2 is 1.54 bits per heavy atom. The molecule has 3 nitrogen and oxygen atoms in total. The number of hydrogen-bond acceptors (Lipinski definition) is 3. The molecule has 142 valence electrons. The average Bonchev–Trinajstić information content (AvgIpc) is 2.61. The molecule has 0 unspecified atom stereocenters. The molecule has 0 saturated heterocycles. The van der Waals surface area contributed by atoms with Gasteiger partial charge < -0.3 is 0 Å². The zero-order valence-electron chi connectivity index (χ0n) is 16.4. The van der Waals surface area contributed by atoms with Crippen molar-refractivity contribution >= 4 is 23.4 Å². The van der Waals surface area contributed by atoms with Crippen LogP contribution in [0.15, 0.2) is 59.5 Å². The van der Waals surface area contributed by atoms with Crippen LogP contribution >= 0.6 is 0 Å². The van der Waals surface area contributed by atoms with Crippen LogP contribution in [-0.4, -0.2) is 23.1 Å². The molecule has 0 aromatic heterocycles. The van der Waals surface area contributed by atoms with Crippen molar-refractivity contribution in [2.75, 3.05) is 6.61 Å². The normalized spacial score (nSPS) is 14.8. The number of benzene rings is 2. The molecule has 2 atom stereocenters. The predicted octanol–water partition coefficient (Wildman–Crippen LogP) is 4.73. The maximum absolute atomic E-state index is 12.3. The van der Waals surface area contributed by atoms with E-state index in [4.69, 9.17) is 4.18 Å². The first-order chi connectivity index (χ1) is 12.1. The smallest absolute Gasteiger partial charge is 0.266 e. The molecule has 0 amide bonds. The summed E-state index contributed by atoms with van der Waals surface area (Å²) in [6.45, 7) is 11.3. The lowest BCUT2D eigenvalue weighted by molar-refractivity contribution is 0.256. The zero-order chi connectivity index (χ0) is 19.4. The lowest BCUT2D eigenvalue weighted by Crippen LogP contribution is -2.45. The molecule has 0 spiro atoms. The summed E-state index contributed by atoms with van der Waals surface area (Å²) >= 11 is 0. The predicted molar refractivity (Wildman–Crippen MR) is 111 cm³/mol. The monoisotopic (exact) mass is 390 g/mol. The van der Waals surface area contributed by atoms with Crippen molar-refractivity contribution in [1.82, 2.24) is 0 Å². The molecule has 0 aliphatic carbocycles. The number of hydrogen-bond donors (Lipinski definition) is 0. The second-order valence-corrected chi connectivity index (χ2v) is 14.5. The molecule has 0 bridgehead atoms. The van der Waals surface area contributed by atoms with Gasteiger partial charge in [-0.15, -0.1) is 0 Å². The van der Waals surface area contributed by atoms with E-state index in [-0.39, 0.29) is 17.4 Å². The second-order valence-electron chi connectivity index (χ2n) is 7.88. The summed E-state index contributed by atoms with van der Waals surface area (Å²) in [6, 6.07) is 17.4. The molecule has 2 aromatic rings. The van der Waals surface area contributed by atoms with E-state index in [1.807, 2.05) is 13.0 Å². The van der Waals surface area contributed by atoms with Crippen molar-refractivity contribution in [2.45, 2.75) is 50.7 Å². The number of aryl methyl sites for hydroxylation is 1. The molecule has 5 heteroatoms. The van der Waals surface area contributed by atoms with Gasteiger partial charge in [0.2, 0.25) is 0 Å². The highest BCUT2D eigenvalue weighted by atomic mass is 32.2. The number of rotatable bonds is 8. The Hall–Kier alpha value is -1.43. The van der Waals surface area contributed by atoms with E-state index in [1.165, 1.54) is 5.19 Å². The first kappa shape index (κ1) is 20.9. The molecule has 0 aliphatic rings. The first-order valence-electron chi connectivity index (χ1n) is 9.14. The minimum Gasteiger partial charge on any atom is -0.266 e. The van der Waals surface area contributed by atoms with Crippen LogP contribution in [0.2, 0.25) is 18.6 Å². The summed E-state index contributed by atoms with van der Waals surface area (Å²) in [5.74, 6) is 0.181. The molecular weight excluding hydrogens is 360 g/mol. The standard InChI is InChI=1S/C21H30O3SSi/c1-17-11-13-20(14-12-17)25(22,23)24-16-18(2)15-19(3)26(4,5)21-9-7-6-8-10-21/h6-14,18-19H,15-16H2,1-5H3/t18-,19+/m1/s1. The van der Waals surface area contributed by atoms with Gasteiger partial charge in [-0.05, 0) is 36.9 Å². The summed E-state index contributed by atoms with van der Waals surface area (Å²) < 4.78 is 30.0. The van der Waals surface area contributed by atoms with E-state index in [0.717, 1.165) is 12.0 Å². The van der Waals surface area contributed by atoms with E-state index < -0.39 is 18.2 Å². The molecule has 2 rings (SSSR count). The summed E-state index contributed by atoms with van der Waals surface area (Å²) in [7, 11) is -5.28. The van der Waals surface area contributed by atoms with Crippen LogP contribution in [-0.2, 0) is 14.3 Å². The topological polar surface area (TPSA) is 43.4 Å². The molecular formula is C21H30O3SSi. The zero-order valence-corrected chi connectivity index (χ0v) is 18.2. The van der Waals surface area contributed by atoms with Gasteiger partial charge in [0.15, 0.2) is 0 Å². The Bertz CT molecular complexity index is 799. The third kappa shape index (κ3) is 5.28. The summed E-state index contributed by atoms with van der Waals surface area (Å²) in [5, 5.41) is 1.44. The average molecular weight is 391 g/mol. The lowest BCUT2D eigenvalue weighted by atomic mass is 10.1. The molecule has 0 aliphatic heterocycles. The third-order valence-electron chi connectivity index (χ3n) is 5.32. The van der Waals surface area contributed by atoms with Gasteiger partial charge >= 0.3 is 0 Å². The lowest BCUT2D eigenvalue weighted by Gasteiger charge is -2.32. The molecule has 0 saturated carbocycles. The summed E-state index contributed by atoms with van der Waals surface area (Å²) in [6.07, 6.45) is 0.956. The Kier molecular flexibility index (Phi) is 6.83. The Labute approximate surface area is 159 Å².